The second kappa shape index (κ2) is 14.5. The second-order valence-corrected chi connectivity index (χ2v) is 15.9. The molecule has 292 valence electrons. The number of fused-ring (bicyclic) bond motifs is 3. The van der Waals surface area contributed by atoms with E-state index >= 15 is 0 Å². The van der Waals surface area contributed by atoms with Crippen LogP contribution in [-0.2, 0) is 6.54 Å². The Hall–Kier alpha value is -4.38. The molecule has 16 heteroatoms. The molecule has 4 aromatic heterocycles. The van der Waals surface area contributed by atoms with E-state index in [0.29, 0.717) is 64.2 Å². The molecule has 56 heavy (non-hydrogen) atoms. The normalized spacial score (nSPS) is 28.7. The van der Waals surface area contributed by atoms with Crippen molar-refractivity contribution in [3.63, 3.8) is 0 Å². The molecule has 2 aromatic carbocycles. The van der Waals surface area contributed by atoms with Gasteiger partial charge in [-0.15, -0.1) is 0 Å². The third-order valence-corrected chi connectivity index (χ3v) is 12.6. The van der Waals surface area contributed by atoms with Gasteiger partial charge in [-0.1, -0.05) is 35.3 Å². The van der Waals surface area contributed by atoms with Crippen LogP contribution in [0.25, 0.3) is 22.1 Å². The van der Waals surface area contributed by atoms with E-state index in [4.69, 9.17) is 38.4 Å². The van der Waals surface area contributed by atoms with Crippen LogP contribution in [0.15, 0.2) is 67.5 Å². The number of nitrogens with zero attached hydrogens (tertiary/aromatic N) is 6. The Bertz CT molecular complexity index is 2440. The minimum absolute atomic E-state index is 0.164. The Balaban J connectivity index is 0.913. The summed E-state index contributed by atoms with van der Waals surface area (Å²) in [6.07, 6.45) is 2.04. The monoisotopic (exact) mass is 800 g/mol. The molecule has 3 aliphatic rings. The minimum Gasteiger partial charge on any atom is -0.487 e. The lowest BCUT2D eigenvalue weighted by Gasteiger charge is -2.22. The first kappa shape index (κ1) is 37.2. The molecular weight excluding hydrogens is 759 g/mol. The van der Waals surface area contributed by atoms with E-state index in [1.165, 1.54) is 12.7 Å². The van der Waals surface area contributed by atoms with Crippen LogP contribution in [0.1, 0.15) is 71.5 Å². The van der Waals surface area contributed by atoms with Crippen molar-refractivity contribution in [1.29, 1.82) is 0 Å². The van der Waals surface area contributed by atoms with Crippen molar-refractivity contribution in [2.45, 2.75) is 100 Å². The molecule has 0 spiro atoms. The molecule has 2 saturated carbocycles. The highest BCUT2D eigenvalue weighted by Gasteiger charge is 2.46. The maximum absolute atomic E-state index is 11.2. The minimum atomic E-state index is -1.18. The summed E-state index contributed by atoms with van der Waals surface area (Å²) in [6, 6.07) is 11.5. The van der Waals surface area contributed by atoms with Crippen LogP contribution < -0.4 is 20.5 Å². The molecule has 3 aliphatic carbocycles. The first-order valence-electron chi connectivity index (χ1n) is 18.7. The van der Waals surface area contributed by atoms with Crippen LogP contribution >= 0.6 is 23.2 Å². The Morgan fingerprint density at radius 3 is 1.88 bits per heavy atom. The van der Waals surface area contributed by atoms with Gasteiger partial charge in [0.1, 0.15) is 72.1 Å². The predicted octanol–water partition coefficient (Wildman–Crippen LogP) is 4.56. The van der Waals surface area contributed by atoms with Crippen LogP contribution in [0.3, 0.4) is 0 Å². The molecule has 0 saturated heterocycles. The summed E-state index contributed by atoms with van der Waals surface area (Å²) in [5.74, 6) is 0.991. The van der Waals surface area contributed by atoms with Crippen LogP contribution in [0.4, 0.5) is 0 Å². The highest BCUT2D eigenvalue weighted by Crippen LogP contribution is 2.45. The maximum Gasteiger partial charge on any atom is 0.143 e. The van der Waals surface area contributed by atoms with Gasteiger partial charge in [0.2, 0.25) is 0 Å². The van der Waals surface area contributed by atoms with Crippen molar-refractivity contribution < 1.29 is 29.9 Å². The lowest BCUT2D eigenvalue weighted by atomic mass is 10.1. The van der Waals surface area contributed by atoms with Crippen molar-refractivity contribution in [2.24, 2.45) is 5.73 Å². The van der Waals surface area contributed by atoms with E-state index in [2.05, 4.69) is 25.3 Å². The number of rotatable bonds is 9. The standard InChI is InChI=1S/C40H42Cl2N8O6/c1-18-21-6-8-49(39(21)47-16-45-18)28-13-32(37(53)35(28)51)55-30-5-3-4-23-27(12-26(43)34(23)30)44-15-20-10-24(41)25(42)11-31(20)56-33-14-29(36(52)38(33)54)50-9-7-22-19(2)46-17-48-40(22)50/h3-11,16-17,26-29,32-33,35-38,44,51-54H,12-15,43H2,1-2H3/t26?,27?,28?,29?,32?,33?,35-,36-,37+,38+/m0/s1. The van der Waals surface area contributed by atoms with Gasteiger partial charge in [0.15, 0.2) is 0 Å². The summed E-state index contributed by atoms with van der Waals surface area (Å²) < 4.78 is 16.7. The first-order chi connectivity index (χ1) is 27.0. The van der Waals surface area contributed by atoms with Crippen molar-refractivity contribution in [1.82, 2.24) is 34.4 Å². The first-order valence-corrected chi connectivity index (χ1v) is 19.5. The molecule has 14 nitrogen and oxygen atoms in total. The summed E-state index contributed by atoms with van der Waals surface area (Å²) in [6.45, 7) is 4.13. The van der Waals surface area contributed by atoms with E-state index in [9.17, 15) is 20.4 Å². The fourth-order valence-electron chi connectivity index (χ4n) is 8.88. The molecule has 0 bridgehead atoms. The van der Waals surface area contributed by atoms with E-state index in [-0.39, 0.29) is 12.1 Å². The van der Waals surface area contributed by atoms with Gasteiger partial charge in [-0.2, -0.15) is 0 Å². The van der Waals surface area contributed by atoms with Crippen molar-refractivity contribution in [3.8, 4) is 11.5 Å². The topological polar surface area (TPSA) is 199 Å². The molecule has 0 radical (unpaired) electrons. The average Bonchev–Trinajstić information content (AvgIpc) is 3.99. The fraction of sp³-hybridized carbons (Fsp3) is 0.400. The molecule has 6 unspecified atom stereocenters. The van der Waals surface area contributed by atoms with E-state index in [0.717, 1.165) is 33.3 Å². The van der Waals surface area contributed by atoms with Gasteiger partial charge < -0.3 is 50.1 Å². The smallest absolute Gasteiger partial charge is 0.143 e. The predicted molar refractivity (Wildman–Crippen MR) is 209 cm³/mol. The molecule has 4 heterocycles. The zero-order valence-electron chi connectivity index (χ0n) is 30.6. The van der Waals surface area contributed by atoms with Gasteiger partial charge in [0, 0.05) is 71.8 Å². The van der Waals surface area contributed by atoms with Gasteiger partial charge in [0.05, 0.1) is 33.5 Å². The summed E-state index contributed by atoms with van der Waals surface area (Å²) in [5, 5.41) is 50.7. The van der Waals surface area contributed by atoms with Crippen LogP contribution in [-0.4, -0.2) is 86.1 Å². The quantitative estimate of drug-likeness (QED) is 0.119. The number of aliphatic hydroxyl groups is 4. The van der Waals surface area contributed by atoms with Gasteiger partial charge in [-0.25, -0.2) is 19.9 Å². The molecule has 9 rings (SSSR count). The number of hydrogen-bond donors (Lipinski definition) is 6. The zero-order chi connectivity index (χ0) is 39.0. The number of aryl methyl sites for hydroxylation is 2. The molecule has 10 atom stereocenters. The maximum atomic E-state index is 11.2. The summed E-state index contributed by atoms with van der Waals surface area (Å²) >= 11 is 13.0. The number of benzene rings is 2. The van der Waals surface area contributed by atoms with E-state index < -0.39 is 48.7 Å². The van der Waals surface area contributed by atoms with Crippen LogP contribution in [0.5, 0.6) is 11.5 Å². The van der Waals surface area contributed by atoms with Gasteiger partial charge >= 0.3 is 0 Å². The molecular formula is C40H42Cl2N8O6. The summed E-state index contributed by atoms with van der Waals surface area (Å²) in [4.78, 5) is 17.4. The SMILES string of the molecule is Cc1ncnc2c1ccn2C1CC(Oc2cc(Cl)c(Cl)cc2CNC2CC(N)c3c(OC4CC(n5ccc6c(C)ncnc65)[C@H](O)[C@@H]4O)cccc32)[C@@H](O)[C@H]1O. The Morgan fingerprint density at radius 1 is 0.732 bits per heavy atom. The summed E-state index contributed by atoms with van der Waals surface area (Å²) in [5.41, 5.74) is 12.3. The van der Waals surface area contributed by atoms with Crippen LogP contribution in [0.2, 0.25) is 10.0 Å². The Labute approximate surface area is 331 Å². The highest BCUT2D eigenvalue weighted by atomic mass is 35.5. The van der Waals surface area contributed by atoms with Crippen molar-refractivity contribution in [2.75, 3.05) is 0 Å². The third-order valence-electron chi connectivity index (χ3n) is 11.9. The lowest BCUT2D eigenvalue weighted by Crippen LogP contribution is -2.34. The Morgan fingerprint density at radius 2 is 1.29 bits per heavy atom. The number of nitrogens with two attached hydrogens (primary N) is 1. The molecule has 2 fully saturated rings. The number of aliphatic hydroxyl groups excluding tert-OH is 4. The molecule has 0 aliphatic heterocycles. The molecule has 6 aromatic rings. The number of halogens is 2. The lowest BCUT2D eigenvalue weighted by molar-refractivity contribution is -0.0166. The van der Waals surface area contributed by atoms with E-state index in [1.54, 1.807) is 12.1 Å². The number of ether oxygens (including phenoxy) is 2. The second-order valence-electron chi connectivity index (χ2n) is 15.1. The van der Waals surface area contributed by atoms with Gasteiger partial charge in [0.25, 0.3) is 0 Å². The summed E-state index contributed by atoms with van der Waals surface area (Å²) in [7, 11) is 0. The van der Waals surface area contributed by atoms with Crippen molar-refractivity contribution >= 4 is 45.3 Å². The van der Waals surface area contributed by atoms with Gasteiger partial charge in [-0.3, -0.25) is 0 Å². The van der Waals surface area contributed by atoms with Gasteiger partial charge in [-0.05, 0) is 50.1 Å². The largest absolute Gasteiger partial charge is 0.487 e. The van der Waals surface area contributed by atoms with E-state index in [1.807, 2.05) is 65.7 Å². The fourth-order valence-corrected chi connectivity index (χ4v) is 9.22. The zero-order valence-corrected chi connectivity index (χ0v) is 32.1. The Kier molecular flexibility index (Phi) is 9.65. The highest BCUT2D eigenvalue weighted by molar-refractivity contribution is 6.42. The molecule has 0 amide bonds. The number of nitrogens with one attached hydrogen (secondary N) is 1. The molecule has 7 N–H and O–H groups in total. The third kappa shape index (κ3) is 6.28. The van der Waals surface area contributed by atoms with Crippen LogP contribution in [0, 0.1) is 13.8 Å². The number of hydrogen-bond acceptors (Lipinski definition) is 12. The average molecular weight is 802 g/mol. The van der Waals surface area contributed by atoms with Crippen molar-refractivity contribution in [3.05, 3.63) is 106 Å². The number of aromatic nitrogens is 6.